The Morgan fingerprint density at radius 2 is 1.73 bits per heavy atom. The summed E-state index contributed by atoms with van der Waals surface area (Å²) < 4.78 is 21.7. The zero-order valence-corrected chi connectivity index (χ0v) is 12.6. The Hall–Kier alpha value is 0.640. The van der Waals surface area contributed by atoms with E-state index in [9.17, 15) is 8.42 Å². The Morgan fingerprint density at radius 3 is 2.20 bits per heavy atom. The van der Waals surface area contributed by atoms with Crippen molar-refractivity contribution in [3.05, 3.63) is 0 Å². The molecule has 3 nitrogen and oxygen atoms in total. The number of unbranched alkanes of at least 4 members (excludes halogenated alkanes) is 2. The van der Waals surface area contributed by atoms with E-state index in [0.717, 1.165) is 12.8 Å². The number of nitrogens with two attached hydrogens (primary N) is 1. The van der Waals surface area contributed by atoms with Crippen LogP contribution < -0.4 is 5.14 Å². The molecular weight excluding hydrogens is 325 g/mol. The van der Waals surface area contributed by atoms with Crippen LogP contribution in [0.5, 0.6) is 0 Å². The summed E-state index contributed by atoms with van der Waals surface area (Å²) in [6.45, 7) is 4.42. The van der Waals surface area contributed by atoms with Gasteiger partial charge in [0.15, 0.2) is 0 Å². The lowest BCUT2D eigenvalue weighted by molar-refractivity contribution is 0.516. The lowest BCUT2D eigenvalue weighted by Gasteiger charge is -2.22. The first kappa shape index (κ1) is 15.6. The molecule has 1 atom stereocenters. The van der Waals surface area contributed by atoms with Crippen molar-refractivity contribution < 1.29 is 8.42 Å². The van der Waals surface area contributed by atoms with E-state index in [-0.39, 0.29) is 5.75 Å². The summed E-state index contributed by atoms with van der Waals surface area (Å²) in [6, 6.07) is 0. The van der Waals surface area contributed by atoms with Crippen molar-refractivity contribution in [3.63, 3.8) is 0 Å². The molecule has 0 saturated carbocycles. The molecule has 5 heteroatoms. The normalized spacial score (nSPS) is 16.3. The minimum absolute atomic E-state index is 0.119. The molecule has 0 heterocycles. The highest BCUT2D eigenvalue weighted by Crippen LogP contribution is 2.30. The molecule has 0 spiro atoms. The molecule has 0 fully saturated rings. The third kappa shape index (κ3) is 10.9. The third-order valence-electron chi connectivity index (χ3n) is 2.43. The molecule has 1 unspecified atom stereocenters. The number of sulfonamides is 1. The number of hydrogen-bond donors (Lipinski definition) is 1. The van der Waals surface area contributed by atoms with Crippen LogP contribution in [0.1, 0.15) is 52.4 Å². The van der Waals surface area contributed by atoms with E-state index in [4.69, 9.17) is 5.14 Å². The van der Waals surface area contributed by atoms with Gasteiger partial charge in [0.1, 0.15) is 0 Å². The smallest absolute Gasteiger partial charge is 0.209 e. The second kappa shape index (κ2) is 7.06. The Labute approximate surface area is 107 Å². The van der Waals surface area contributed by atoms with E-state index >= 15 is 0 Å². The molecular formula is C10H22INO2S. The second-order valence-electron chi connectivity index (χ2n) is 4.34. The highest BCUT2D eigenvalue weighted by molar-refractivity contribution is 14.1. The number of hydrogen-bond acceptors (Lipinski definition) is 2. The predicted molar refractivity (Wildman–Crippen MR) is 73.8 cm³/mol. The Balaban J connectivity index is 3.66. The lowest BCUT2D eigenvalue weighted by atomic mass is 9.98. The zero-order chi connectivity index (χ0) is 11.9. The van der Waals surface area contributed by atoms with Crippen molar-refractivity contribution in [1.29, 1.82) is 0 Å². The SMILES string of the molecule is CCCCC(C)(I)CCCCS(N)(=O)=O. The Morgan fingerprint density at radius 1 is 1.20 bits per heavy atom. The number of alkyl halides is 1. The maximum atomic E-state index is 10.7. The number of primary sulfonamides is 1. The van der Waals surface area contributed by atoms with E-state index in [1.165, 1.54) is 19.3 Å². The van der Waals surface area contributed by atoms with Gasteiger partial charge in [-0.2, -0.15) is 0 Å². The molecule has 0 aliphatic rings. The van der Waals surface area contributed by atoms with Gasteiger partial charge in [0.25, 0.3) is 0 Å². The fourth-order valence-corrected chi connectivity index (χ4v) is 2.84. The van der Waals surface area contributed by atoms with E-state index < -0.39 is 10.0 Å². The first-order valence-corrected chi connectivity index (χ1v) is 8.26. The standard InChI is InChI=1S/C10H22INO2S/c1-3-4-7-10(2,11)8-5-6-9-15(12,13)14/h3-9H2,1-2H3,(H2,12,13,14). The topological polar surface area (TPSA) is 60.2 Å². The highest BCUT2D eigenvalue weighted by atomic mass is 127. The van der Waals surface area contributed by atoms with Crippen LogP contribution in [0.25, 0.3) is 0 Å². The van der Waals surface area contributed by atoms with Crippen molar-refractivity contribution in [2.24, 2.45) is 5.14 Å². The van der Waals surface area contributed by atoms with Crippen LogP contribution in [0.15, 0.2) is 0 Å². The van der Waals surface area contributed by atoms with E-state index in [1.807, 2.05) is 0 Å². The van der Waals surface area contributed by atoms with Gasteiger partial charge >= 0.3 is 0 Å². The molecule has 0 amide bonds. The minimum Gasteiger partial charge on any atom is -0.229 e. The average Bonchev–Trinajstić information content (AvgIpc) is 2.08. The molecule has 0 saturated heterocycles. The van der Waals surface area contributed by atoms with E-state index in [0.29, 0.717) is 9.84 Å². The molecule has 0 aliphatic heterocycles. The zero-order valence-electron chi connectivity index (χ0n) is 9.63. The van der Waals surface area contributed by atoms with Crippen LogP contribution in [0.4, 0.5) is 0 Å². The molecule has 0 aromatic carbocycles. The van der Waals surface area contributed by atoms with Gasteiger partial charge in [0.05, 0.1) is 5.75 Å². The molecule has 0 aliphatic carbocycles. The average molecular weight is 347 g/mol. The fraction of sp³-hybridized carbons (Fsp3) is 1.00. The Kier molecular flexibility index (Phi) is 7.36. The van der Waals surface area contributed by atoms with Crippen LogP contribution in [-0.2, 0) is 10.0 Å². The molecule has 0 rings (SSSR count). The van der Waals surface area contributed by atoms with Gasteiger partial charge in [-0.25, -0.2) is 13.6 Å². The van der Waals surface area contributed by atoms with Gasteiger partial charge < -0.3 is 0 Å². The molecule has 15 heavy (non-hydrogen) atoms. The van der Waals surface area contributed by atoms with Gasteiger partial charge in [0, 0.05) is 3.42 Å². The predicted octanol–water partition coefficient (Wildman–Crippen LogP) is 2.83. The number of halogens is 1. The maximum Gasteiger partial charge on any atom is 0.209 e. The number of rotatable bonds is 8. The molecule has 0 aromatic rings. The fourth-order valence-electron chi connectivity index (χ4n) is 1.47. The lowest BCUT2D eigenvalue weighted by Crippen LogP contribution is -2.18. The largest absolute Gasteiger partial charge is 0.229 e. The van der Waals surface area contributed by atoms with E-state index in [2.05, 4.69) is 36.4 Å². The summed E-state index contributed by atoms with van der Waals surface area (Å²) in [4.78, 5) is 0. The molecule has 0 radical (unpaired) electrons. The van der Waals surface area contributed by atoms with Gasteiger partial charge in [-0.15, -0.1) is 0 Å². The van der Waals surface area contributed by atoms with Crippen molar-refractivity contribution >= 4 is 32.6 Å². The maximum absolute atomic E-state index is 10.7. The molecule has 0 aromatic heterocycles. The summed E-state index contributed by atoms with van der Waals surface area (Å²) in [5, 5.41) is 4.94. The third-order valence-corrected chi connectivity index (χ3v) is 4.36. The summed E-state index contributed by atoms with van der Waals surface area (Å²) >= 11 is 2.48. The summed E-state index contributed by atoms with van der Waals surface area (Å²) in [6.07, 6.45) is 6.37. The minimum atomic E-state index is -3.26. The van der Waals surface area contributed by atoms with Crippen LogP contribution in [0, 0.1) is 0 Å². The molecule has 0 bridgehead atoms. The molecule has 92 valence electrons. The first-order valence-electron chi connectivity index (χ1n) is 5.46. The van der Waals surface area contributed by atoms with Crippen molar-refractivity contribution in [3.8, 4) is 0 Å². The van der Waals surface area contributed by atoms with Gasteiger partial charge in [0.2, 0.25) is 10.0 Å². The monoisotopic (exact) mass is 347 g/mol. The van der Waals surface area contributed by atoms with E-state index in [1.54, 1.807) is 0 Å². The highest BCUT2D eigenvalue weighted by Gasteiger charge is 2.18. The van der Waals surface area contributed by atoms with Crippen molar-refractivity contribution in [2.45, 2.75) is 55.8 Å². The Bertz CT molecular complexity index is 263. The van der Waals surface area contributed by atoms with Crippen LogP contribution in [-0.4, -0.2) is 17.6 Å². The van der Waals surface area contributed by atoms with Gasteiger partial charge in [-0.05, 0) is 19.3 Å². The first-order chi connectivity index (χ1) is 6.77. The second-order valence-corrected chi connectivity index (χ2v) is 8.68. The van der Waals surface area contributed by atoms with Crippen molar-refractivity contribution in [2.75, 3.05) is 5.75 Å². The van der Waals surface area contributed by atoms with Gasteiger partial charge in [-0.1, -0.05) is 55.7 Å². The summed E-state index contributed by atoms with van der Waals surface area (Å²) in [5.74, 6) is 0.119. The molecule has 2 N–H and O–H groups in total. The summed E-state index contributed by atoms with van der Waals surface area (Å²) in [7, 11) is -3.26. The van der Waals surface area contributed by atoms with Crippen LogP contribution >= 0.6 is 22.6 Å². The van der Waals surface area contributed by atoms with Crippen LogP contribution in [0.3, 0.4) is 0 Å². The quantitative estimate of drug-likeness (QED) is 0.417. The van der Waals surface area contributed by atoms with Crippen LogP contribution in [0.2, 0.25) is 0 Å². The van der Waals surface area contributed by atoms with Crippen molar-refractivity contribution in [1.82, 2.24) is 0 Å². The van der Waals surface area contributed by atoms with Gasteiger partial charge in [-0.3, -0.25) is 0 Å². The summed E-state index contributed by atoms with van der Waals surface area (Å²) in [5.41, 5.74) is 0.